The molecule has 0 aliphatic rings. The molecule has 0 aromatic heterocycles. The minimum atomic E-state index is -0.0862. The van der Waals surface area contributed by atoms with Gasteiger partial charge in [0.25, 0.3) is 0 Å². The van der Waals surface area contributed by atoms with Crippen LogP contribution in [0.4, 0.5) is 0 Å². The first-order valence-corrected chi connectivity index (χ1v) is 7.62. The second-order valence-electron chi connectivity index (χ2n) is 5.07. The van der Waals surface area contributed by atoms with Crippen molar-refractivity contribution in [1.82, 2.24) is 0 Å². The van der Waals surface area contributed by atoms with Crippen molar-refractivity contribution in [2.45, 2.75) is 26.5 Å². The lowest BCUT2D eigenvalue weighted by molar-refractivity contribution is 0.292. The van der Waals surface area contributed by atoms with Crippen LogP contribution in [0, 0.1) is 6.92 Å². The molecule has 0 saturated carbocycles. The van der Waals surface area contributed by atoms with E-state index in [-0.39, 0.29) is 6.04 Å². The van der Waals surface area contributed by atoms with E-state index in [1.165, 1.54) is 5.56 Å². The number of methoxy groups -OCH3 is 1. The molecular weight excluding hydrogens is 330 g/mol. The maximum atomic E-state index is 6.01. The van der Waals surface area contributed by atoms with Gasteiger partial charge in [0.1, 0.15) is 18.1 Å². The number of hydrogen-bond donors (Lipinski definition) is 1. The Hall–Kier alpha value is -1.52. The lowest BCUT2D eigenvalue weighted by Gasteiger charge is -2.16. The molecule has 0 heterocycles. The summed E-state index contributed by atoms with van der Waals surface area (Å²) < 4.78 is 12.3. The van der Waals surface area contributed by atoms with Crippen molar-refractivity contribution in [1.29, 1.82) is 0 Å². The minimum Gasteiger partial charge on any atom is -0.496 e. The zero-order valence-corrected chi connectivity index (χ0v) is 14.1. The number of ether oxygens (including phenoxy) is 2. The third-order valence-electron chi connectivity index (χ3n) is 3.28. The predicted octanol–water partition coefficient (Wildman–Crippen LogP) is 4.36. The van der Waals surface area contributed by atoms with Crippen LogP contribution in [0.3, 0.4) is 0 Å². The second-order valence-corrected chi connectivity index (χ2v) is 5.99. The van der Waals surface area contributed by atoms with Crippen LogP contribution in [0.5, 0.6) is 11.5 Å². The summed E-state index contributed by atoms with van der Waals surface area (Å²) in [4.78, 5) is 0. The largest absolute Gasteiger partial charge is 0.496 e. The fourth-order valence-corrected chi connectivity index (χ4v) is 2.56. The number of aryl methyl sites for hydroxylation is 1. The molecule has 1 unspecified atom stereocenters. The minimum absolute atomic E-state index is 0.0862. The van der Waals surface area contributed by atoms with Crippen molar-refractivity contribution in [3.05, 3.63) is 57.6 Å². The zero-order valence-electron chi connectivity index (χ0n) is 12.5. The number of nitrogens with two attached hydrogens (primary N) is 1. The van der Waals surface area contributed by atoms with Crippen molar-refractivity contribution in [2.75, 3.05) is 7.11 Å². The van der Waals surface area contributed by atoms with E-state index in [9.17, 15) is 0 Å². The fourth-order valence-electron chi connectivity index (χ4n) is 2.18. The predicted molar refractivity (Wildman–Crippen MR) is 88.8 cm³/mol. The molecule has 4 heteroatoms. The van der Waals surface area contributed by atoms with E-state index in [1.807, 2.05) is 37.3 Å². The molecular formula is C17H20BrNO2. The zero-order chi connectivity index (χ0) is 15.4. The highest BCUT2D eigenvalue weighted by Gasteiger charge is 2.10. The Morgan fingerprint density at radius 3 is 2.52 bits per heavy atom. The first kappa shape index (κ1) is 15.9. The Kier molecular flexibility index (Phi) is 5.26. The van der Waals surface area contributed by atoms with Crippen molar-refractivity contribution >= 4 is 15.9 Å². The van der Waals surface area contributed by atoms with Crippen molar-refractivity contribution < 1.29 is 9.47 Å². The maximum Gasteiger partial charge on any atom is 0.125 e. The highest BCUT2D eigenvalue weighted by atomic mass is 79.9. The summed E-state index contributed by atoms with van der Waals surface area (Å²) in [6, 6.07) is 11.9. The third-order valence-corrected chi connectivity index (χ3v) is 3.77. The van der Waals surface area contributed by atoms with Gasteiger partial charge in [-0.2, -0.15) is 0 Å². The number of halogens is 1. The molecule has 2 aromatic carbocycles. The summed E-state index contributed by atoms with van der Waals surface area (Å²) in [7, 11) is 1.67. The molecule has 0 saturated heterocycles. The van der Waals surface area contributed by atoms with Gasteiger partial charge in [-0.25, -0.2) is 0 Å². The van der Waals surface area contributed by atoms with E-state index >= 15 is 0 Å². The molecule has 0 amide bonds. The summed E-state index contributed by atoms with van der Waals surface area (Å²) in [5.41, 5.74) is 9.19. The van der Waals surface area contributed by atoms with E-state index in [0.29, 0.717) is 6.61 Å². The standard InChI is InChI=1S/C17H20BrNO2/c1-11-4-6-16(20-3)13(8-11)10-21-17-7-5-14(18)9-15(17)12(2)19/h4-9,12H,10,19H2,1-3H3. The van der Waals surface area contributed by atoms with E-state index in [4.69, 9.17) is 15.2 Å². The van der Waals surface area contributed by atoms with Crippen LogP contribution in [0.15, 0.2) is 40.9 Å². The van der Waals surface area contributed by atoms with Gasteiger partial charge in [-0.15, -0.1) is 0 Å². The van der Waals surface area contributed by atoms with Gasteiger partial charge in [0, 0.05) is 21.6 Å². The molecule has 3 nitrogen and oxygen atoms in total. The van der Waals surface area contributed by atoms with Gasteiger partial charge in [0.2, 0.25) is 0 Å². The van der Waals surface area contributed by atoms with Crippen molar-refractivity contribution in [3.8, 4) is 11.5 Å². The SMILES string of the molecule is COc1ccc(C)cc1COc1ccc(Br)cc1C(C)N. The summed E-state index contributed by atoms with van der Waals surface area (Å²) >= 11 is 3.46. The van der Waals surface area contributed by atoms with Gasteiger partial charge in [0.15, 0.2) is 0 Å². The summed E-state index contributed by atoms with van der Waals surface area (Å²) in [6.45, 7) is 4.45. The van der Waals surface area contributed by atoms with Gasteiger partial charge in [-0.05, 0) is 44.2 Å². The Labute approximate surface area is 134 Å². The van der Waals surface area contributed by atoms with Crippen LogP contribution in [0.2, 0.25) is 0 Å². The smallest absolute Gasteiger partial charge is 0.125 e. The topological polar surface area (TPSA) is 44.5 Å². The highest BCUT2D eigenvalue weighted by Crippen LogP contribution is 2.29. The summed E-state index contributed by atoms with van der Waals surface area (Å²) in [5.74, 6) is 1.64. The van der Waals surface area contributed by atoms with E-state index in [0.717, 1.165) is 27.1 Å². The van der Waals surface area contributed by atoms with E-state index < -0.39 is 0 Å². The van der Waals surface area contributed by atoms with Crippen molar-refractivity contribution in [3.63, 3.8) is 0 Å². The fraction of sp³-hybridized carbons (Fsp3) is 0.294. The molecule has 0 spiro atoms. The first-order chi connectivity index (χ1) is 10.0. The van der Waals surface area contributed by atoms with E-state index in [1.54, 1.807) is 7.11 Å². The van der Waals surface area contributed by atoms with Gasteiger partial charge in [-0.3, -0.25) is 0 Å². The van der Waals surface area contributed by atoms with Gasteiger partial charge in [-0.1, -0.05) is 27.6 Å². The average Bonchev–Trinajstić information content (AvgIpc) is 2.46. The van der Waals surface area contributed by atoms with Crippen LogP contribution >= 0.6 is 15.9 Å². The van der Waals surface area contributed by atoms with Crippen molar-refractivity contribution in [2.24, 2.45) is 5.73 Å². The lowest BCUT2D eigenvalue weighted by atomic mass is 10.1. The van der Waals surface area contributed by atoms with Crippen LogP contribution in [-0.2, 0) is 6.61 Å². The molecule has 112 valence electrons. The number of benzene rings is 2. The Bertz CT molecular complexity index is 626. The van der Waals surface area contributed by atoms with Crippen LogP contribution in [0.1, 0.15) is 29.7 Å². The Morgan fingerprint density at radius 2 is 1.86 bits per heavy atom. The molecule has 0 fully saturated rings. The summed E-state index contributed by atoms with van der Waals surface area (Å²) in [5, 5.41) is 0. The summed E-state index contributed by atoms with van der Waals surface area (Å²) in [6.07, 6.45) is 0. The molecule has 0 aliphatic heterocycles. The molecule has 2 rings (SSSR count). The van der Waals surface area contributed by atoms with Crippen LogP contribution < -0.4 is 15.2 Å². The maximum absolute atomic E-state index is 6.01. The van der Waals surface area contributed by atoms with Crippen LogP contribution in [0.25, 0.3) is 0 Å². The normalized spacial score (nSPS) is 12.0. The average molecular weight is 350 g/mol. The second kappa shape index (κ2) is 6.96. The van der Waals surface area contributed by atoms with Crippen LogP contribution in [-0.4, -0.2) is 7.11 Å². The molecule has 1 atom stereocenters. The molecule has 2 aromatic rings. The van der Waals surface area contributed by atoms with Gasteiger partial charge >= 0.3 is 0 Å². The quantitative estimate of drug-likeness (QED) is 0.871. The molecule has 21 heavy (non-hydrogen) atoms. The Balaban J connectivity index is 2.22. The van der Waals surface area contributed by atoms with E-state index in [2.05, 4.69) is 28.9 Å². The number of hydrogen-bond acceptors (Lipinski definition) is 3. The third kappa shape index (κ3) is 3.99. The number of rotatable bonds is 5. The van der Waals surface area contributed by atoms with Gasteiger partial charge < -0.3 is 15.2 Å². The first-order valence-electron chi connectivity index (χ1n) is 6.82. The molecule has 2 N–H and O–H groups in total. The van der Waals surface area contributed by atoms with Gasteiger partial charge in [0.05, 0.1) is 7.11 Å². The molecule has 0 aliphatic carbocycles. The monoisotopic (exact) mass is 349 g/mol. The lowest BCUT2D eigenvalue weighted by Crippen LogP contribution is -2.08. The molecule has 0 radical (unpaired) electrons. The molecule has 0 bridgehead atoms. The Morgan fingerprint density at radius 1 is 1.14 bits per heavy atom. The highest BCUT2D eigenvalue weighted by molar-refractivity contribution is 9.10.